The van der Waals surface area contributed by atoms with Gasteiger partial charge in [0.2, 0.25) is 0 Å². The molecule has 174 valence electrons. The van der Waals surface area contributed by atoms with Gasteiger partial charge in [0.25, 0.3) is 0 Å². The highest BCUT2D eigenvalue weighted by Gasteiger charge is 2.31. The summed E-state index contributed by atoms with van der Waals surface area (Å²) in [4.78, 5) is 10.5. The van der Waals surface area contributed by atoms with Gasteiger partial charge in [0.05, 0.1) is 32.0 Å². The minimum absolute atomic E-state index is 0.0375. The predicted molar refractivity (Wildman–Crippen MR) is 120 cm³/mol. The average molecular weight is 455 g/mol. The number of nitrogens with zero attached hydrogens (tertiary/aromatic N) is 1. The van der Waals surface area contributed by atoms with Gasteiger partial charge in [0.15, 0.2) is 6.29 Å². The molecule has 0 aliphatic carbocycles. The van der Waals surface area contributed by atoms with Crippen molar-refractivity contribution in [1.82, 2.24) is 5.32 Å². The van der Waals surface area contributed by atoms with E-state index in [9.17, 15) is 4.79 Å². The number of nitrogens with one attached hydrogen (secondary N) is 1. The Labute approximate surface area is 189 Å². The van der Waals surface area contributed by atoms with Crippen molar-refractivity contribution >= 4 is 17.9 Å². The Balaban J connectivity index is 0.000000330. The van der Waals surface area contributed by atoms with E-state index in [2.05, 4.69) is 12.2 Å². The summed E-state index contributed by atoms with van der Waals surface area (Å²) >= 11 is 1.22. The Morgan fingerprint density at radius 3 is 2.42 bits per heavy atom. The van der Waals surface area contributed by atoms with Crippen LogP contribution in [-0.2, 0) is 25.5 Å². The van der Waals surface area contributed by atoms with E-state index >= 15 is 0 Å². The van der Waals surface area contributed by atoms with Crippen molar-refractivity contribution in [3.8, 4) is 5.40 Å². The molecule has 2 rings (SSSR count). The molecule has 0 aromatic heterocycles. The van der Waals surface area contributed by atoms with Gasteiger partial charge in [-0.2, -0.15) is 5.26 Å². The third-order valence-corrected chi connectivity index (χ3v) is 4.99. The van der Waals surface area contributed by atoms with Crippen LogP contribution in [0.25, 0.3) is 0 Å². The van der Waals surface area contributed by atoms with Crippen LogP contribution in [0, 0.1) is 10.7 Å². The summed E-state index contributed by atoms with van der Waals surface area (Å²) in [6.45, 7) is 9.07. The van der Waals surface area contributed by atoms with Crippen LogP contribution in [0.2, 0.25) is 0 Å². The fourth-order valence-electron chi connectivity index (χ4n) is 2.60. The zero-order chi connectivity index (χ0) is 22.9. The van der Waals surface area contributed by atoms with Crippen LogP contribution in [0.4, 0.5) is 4.79 Å². The molecule has 0 spiro atoms. The molecule has 8 nitrogen and oxygen atoms in total. The third-order valence-electron chi connectivity index (χ3n) is 4.49. The Morgan fingerprint density at radius 2 is 1.81 bits per heavy atom. The summed E-state index contributed by atoms with van der Waals surface area (Å²) in [5.74, 6) is 0.742. The molecule has 1 aliphatic rings. The molecule has 1 aromatic carbocycles. The molecule has 9 heteroatoms. The number of hydrogen-bond acceptors (Lipinski definition) is 7. The van der Waals surface area contributed by atoms with Crippen LogP contribution in [0.3, 0.4) is 0 Å². The largest absolute Gasteiger partial charge is 0.465 e. The van der Waals surface area contributed by atoms with Gasteiger partial charge < -0.3 is 29.4 Å². The lowest BCUT2D eigenvalue weighted by Crippen LogP contribution is -2.21. The third kappa shape index (κ3) is 12.0. The number of unbranched alkanes of at least 4 members (excludes halogenated alkanes) is 1. The van der Waals surface area contributed by atoms with Crippen molar-refractivity contribution in [2.24, 2.45) is 0 Å². The molecule has 0 saturated carbocycles. The van der Waals surface area contributed by atoms with E-state index in [1.54, 1.807) is 0 Å². The maximum Gasteiger partial charge on any atom is 0.404 e. The number of carboxylic acid groups (broad SMARTS) is 1. The summed E-state index contributed by atoms with van der Waals surface area (Å²) in [6.07, 6.45) is 0.900. The number of carbonyl (C=O) groups is 1. The summed E-state index contributed by atoms with van der Waals surface area (Å²) in [7, 11) is 0. The zero-order valence-corrected chi connectivity index (χ0v) is 19.4. The van der Waals surface area contributed by atoms with Crippen LogP contribution in [0.1, 0.15) is 51.0 Å². The molecule has 31 heavy (non-hydrogen) atoms. The van der Waals surface area contributed by atoms with E-state index in [4.69, 9.17) is 29.3 Å². The van der Waals surface area contributed by atoms with Gasteiger partial charge >= 0.3 is 6.09 Å². The monoisotopic (exact) mass is 454 g/mol. The maximum atomic E-state index is 10.5. The smallest absolute Gasteiger partial charge is 0.404 e. The Hall–Kier alpha value is -1.83. The number of amides is 1. The predicted octanol–water partition coefficient (Wildman–Crippen LogP) is 4.31. The van der Waals surface area contributed by atoms with Gasteiger partial charge in [-0.25, -0.2) is 4.79 Å². The van der Waals surface area contributed by atoms with E-state index in [1.165, 1.54) is 18.2 Å². The lowest BCUT2D eigenvalue weighted by molar-refractivity contribution is -0.0658. The first-order valence-corrected chi connectivity index (χ1v) is 11.5. The molecule has 1 aliphatic heterocycles. The van der Waals surface area contributed by atoms with Gasteiger partial charge in [-0.15, -0.1) is 0 Å². The number of thioether (sulfide) groups is 1. The molecule has 1 aromatic rings. The molecule has 2 atom stereocenters. The fourth-order valence-corrected chi connectivity index (χ4v) is 2.89. The molecule has 1 saturated heterocycles. The summed E-state index contributed by atoms with van der Waals surface area (Å²) in [6, 6.07) is 7.52. The highest BCUT2D eigenvalue weighted by atomic mass is 32.2. The zero-order valence-electron chi connectivity index (χ0n) is 18.5. The van der Waals surface area contributed by atoms with Gasteiger partial charge in [0.1, 0.15) is 5.40 Å². The van der Waals surface area contributed by atoms with Crippen LogP contribution in [0.5, 0.6) is 0 Å². The maximum absolute atomic E-state index is 10.5. The van der Waals surface area contributed by atoms with Crippen LogP contribution >= 0.6 is 11.8 Å². The normalized spacial score (nSPS) is 19.9. The number of ether oxygens (including phenoxy) is 4. The van der Waals surface area contributed by atoms with E-state index in [-0.39, 0.29) is 18.8 Å². The van der Waals surface area contributed by atoms with Crippen molar-refractivity contribution in [3.63, 3.8) is 0 Å². The number of benzene rings is 1. The van der Waals surface area contributed by atoms with Crippen LogP contribution < -0.4 is 5.32 Å². The standard InChI is InChI=1S/C13H17NO4.C9H17NO2S/c1-8-9(2)18-12(17-8)11-6-4-3-5-10(11)7-14-13(15)16;1-2-3-4-11-5-6-12-7-8-13-9-10/h3-6,8-9,12,14H,7H2,1-2H3,(H,15,16);2-8H2,1H3. The number of hydrogen-bond donors (Lipinski definition) is 2. The number of thiocyanates is 1. The van der Waals surface area contributed by atoms with Crippen molar-refractivity contribution in [1.29, 1.82) is 5.26 Å². The lowest BCUT2D eigenvalue weighted by atomic mass is 10.1. The van der Waals surface area contributed by atoms with E-state index in [0.29, 0.717) is 19.8 Å². The molecule has 1 heterocycles. The Morgan fingerprint density at radius 1 is 1.16 bits per heavy atom. The SMILES string of the molecule is CC1OC(c2ccccc2CNC(=O)O)OC1C.CCCCOCCOCCSC#N. The molecule has 0 radical (unpaired) electrons. The van der Waals surface area contributed by atoms with Crippen LogP contribution in [-0.4, -0.2) is 55.6 Å². The number of nitriles is 1. The summed E-state index contributed by atoms with van der Waals surface area (Å²) in [5.41, 5.74) is 1.74. The molecule has 0 bridgehead atoms. The minimum atomic E-state index is -1.04. The van der Waals surface area contributed by atoms with Crippen molar-refractivity contribution < 1.29 is 28.8 Å². The molecular weight excluding hydrogens is 420 g/mol. The van der Waals surface area contributed by atoms with Gasteiger partial charge in [-0.1, -0.05) is 37.6 Å². The van der Waals surface area contributed by atoms with Gasteiger partial charge in [-0.05, 0) is 37.6 Å². The van der Waals surface area contributed by atoms with Gasteiger partial charge in [-0.3, -0.25) is 0 Å². The Bertz CT molecular complexity index is 660. The first kappa shape index (κ1) is 27.2. The van der Waals surface area contributed by atoms with E-state index in [0.717, 1.165) is 29.9 Å². The molecule has 2 unspecified atom stereocenters. The quantitative estimate of drug-likeness (QED) is 0.355. The van der Waals surface area contributed by atoms with E-state index < -0.39 is 12.4 Å². The minimum Gasteiger partial charge on any atom is -0.465 e. The Kier molecular flexibility index (Phi) is 14.8. The fraction of sp³-hybridized carbons (Fsp3) is 0.636. The summed E-state index contributed by atoms with van der Waals surface area (Å²) in [5, 5.41) is 21.2. The summed E-state index contributed by atoms with van der Waals surface area (Å²) < 4.78 is 21.9. The van der Waals surface area contributed by atoms with Gasteiger partial charge in [0, 0.05) is 24.5 Å². The topological polar surface area (TPSA) is 110 Å². The lowest BCUT2D eigenvalue weighted by Gasteiger charge is -2.15. The second-order valence-corrected chi connectivity index (χ2v) is 7.77. The second-order valence-electron chi connectivity index (χ2n) is 6.89. The highest BCUT2D eigenvalue weighted by Crippen LogP contribution is 2.32. The average Bonchev–Trinajstić information content (AvgIpc) is 3.10. The first-order chi connectivity index (χ1) is 15.0. The molecule has 1 fully saturated rings. The number of rotatable bonds is 12. The van der Waals surface area contributed by atoms with Crippen molar-refractivity contribution in [3.05, 3.63) is 35.4 Å². The van der Waals surface area contributed by atoms with Crippen LogP contribution in [0.15, 0.2) is 24.3 Å². The first-order valence-electron chi connectivity index (χ1n) is 10.5. The molecule has 2 N–H and O–H groups in total. The van der Waals surface area contributed by atoms with Crippen molar-refractivity contribution in [2.75, 3.05) is 32.2 Å². The highest BCUT2D eigenvalue weighted by molar-refractivity contribution is 8.03. The van der Waals surface area contributed by atoms with Crippen molar-refractivity contribution in [2.45, 2.75) is 58.7 Å². The molecular formula is C22H34N2O6S. The molecule has 1 amide bonds. The van der Waals surface area contributed by atoms with E-state index in [1.807, 2.05) is 43.5 Å². The second kappa shape index (κ2) is 16.8.